The molecule has 0 atom stereocenters. The van der Waals surface area contributed by atoms with Crippen molar-refractivity contribution in [3.63, 3.8) is 0 Å². The first-order valence-corrected chi connectivity index (χ1v) is 7.74. The van der Waals surface area contributed by atoms with Gasteiger partial charge in [0.25, 0.3) is 0 Å². The molecule has 1 fully saturated rings. The smallest absolute Gasteiger partial charge is 0.221 e. The predicted molar refractivity (Wildman–Crippen MR) is 84.4 cm³/mol. The highest BCUT2D eigenvalue weighted by atomic mass is 16.5. The summed E-state index contributed by atoms with van der Waals surface area (Å²) < 4.78 is 4.89. The summed E-state index contributed by atoms with van der Waals surface area (Å²) in [7, 11) is 1.63. The number of amides is 1. The number of rotatable bonds is 8. The van der Waals surface area contributed by atoms with Crippen molar-refractivity contribution in [1.29, 1.82) is 0 Å². The van der Waals surface area contributed by atoms with Crippen molar-refractivity contribution in [3.05, 3.63) is 35.4 Å². The lowest BCUT2D eigenvalue weighted by Crippen LogP contribution is -2.41. The molecule has 0 aliphatic heterocycles. The van der Waals surface area contributed by atoms with Gasteiger partial charge in [0.1, 0.15) is 0 Å². The molecule has 0 aromatic heterocycles. The lowest BCUT2D eigenvalue weighted by molar-refractivity contribution is -0.121. The van der Waals surface area contributed by atoms with Crippen molar-refractivity contribution in [1.82, 2.24) is 10.6 Å². The second-order valence-corrected chi connectivity index (χ2v) is 5.83. The van der Waals surface area contributed by atoms with Gasteiger partial charge >= 0.3 is 0 Å². The standard InChI is InChI=1S/C17H26N2O2/c1-13-4-3-5-14(10-13)15-11-16(12-15)18-7-6-17(20)19-8-9-21-2/h3-5,10,15-16,18H,6-9,11-12H2,1-2H3,(H,19,20). The van der Waals surface area contributed by atoms with Gasteiger partial charge in [-0.2, -0.15) is 0 Å². The summed E-state index contributed by atoms with van der Waals surface area (Å²) in [5.74, 6) is 0.770. The molecule has 4 nitrogen and oxygen atoms in total. The Labute approximate surface area is 127 Å². The van der Waals surface area contributed by atoms with Gasteiger partial charge < -0.3 is 15.4 Å². The van der Waals surface area contributed by atoms with Crippen LogP contribution in [-0.2, 0) is 9.53 Å². The molecule has 0 unspecified atom stereocenters. The maximum absolute atomic E-state index is 11.5. The molecule has 2 rings (SSSR count). The van der Waals surface area contributed by atoms with Gasteiger partial charge in [-0.05, 0) is 31.2 Å². The molecule has 1 aromatic rings. The van der Waals surface area contributed by atoms with Gasteiger partial charge in [-0.3, -0.25) is 4.79 Å². The molecule has 1 aliphatic carbocycles. The number of carbonyl (C=O) groups is 1. The van der Waals surface area contributed by atoms with Gasteiger partial charge in [0.2, 0.25) is 5.91 Å². The van der Waals surface area contributed by atoms with Gasteiger partial charge in [0.15, 0.2) is 0 Å². The van der Waals surface area contributed by atoms with Crippen LogP contribution in [0.15, 0.2) is 24.3 Å². The molecule has 1 amide bonds. The summed E-state index contributed by atoms with van der Waals surface area (Å²) in [6.07, 6.45) is 2.89. The Morgan fingerprint density at radius 2 is 2.14 bits per heavy atom. The van der Waals surface area contributed by atoms with E-state index in [9.17, 15) is 4.79 Å². The molecular formula is C17H26N2O2. The number of carbonyl (C=O) groups excluding carboxylic acids is 1. The highest BCUT2D eigenvalue weighted by molar-refractivity contribution is 5.76. The Morgan fingerprint density at radius 3 is 2.86 bits per heavy atom. The van der Waals surface area contributed by atoms with E-state index < -0.39 is 0 Å². The van der Waals surface area contributed by atoms with E-state index in [0.29, 0.717) is 31.5 Å². The first-order valence-electron chi connectivity index (χ1n) is 7.74. The SMILES string of the molecule is COCCNC(=O)CCNC1CC(c2cccc(C)c2)C1. The number of hydrogen-bond donors (Lipinski definition) is 2. The lowest BCUT2D eigenvalue weighted by Gasteiger charge is -2.36. The topological polar surface area (TPSA) is 50.4 Å². The van der Waals surface area contributed by atoms with Gasteiger partial charge in [0.05, 0.1) is 6.61 Å². The Balaban J connectivity index is 1.57. The summed E-state index contributed by atoms with van der Waals surface area (Å²) in [4.78, 5) is 11.5. The summed E-state index contributed by atoms with van der Waals surface area (Å²) in [5, 5.41) is 6.29. The van der Waals surface area contributed by atoms with Gasteiger partial charge in [0, 0.05) is 32.7 Å². The van der Waals surface area contributed by atoms with Crippen molar-refractivity contribution in [3.8, 4) is 0 Å². The molecule has 4 heteroatoms. The number of ether oxygens (including phenoxy) is 1. The van der Waals surface area contributed by atoms with E-state index in [2.05, 4.69) is 41.8 Å². The number of benzene rings is 1. The van der Waals surface area contributed by atoms with Crippen molar-refractivity contribution >= 4 is 5.91 Å². The van der Waals surface area contributed by atoms with Crippen molar-refractivity contribution in [2.24, 2.45) is 0 Å². The van der Waals surface area contributed by atoms with Crippen molar-refractivity contribution in [2.75, 3.05) is 26.8 Å². The Hall–Kier alpha value is -1.39. The van der Waals surface area contributed by atoms with Gasteiger partial charge in [-0.15, -0.1) is 0 Å². The summed E-state index contributed by atoms with van der Waals surface area (Å²) in [5.41, 5.74) is 2.78. The number of nitrogens with one attached hydrogen (secondary N) is 2. The largest absolute Gasteiger partial charge is 0.383 e. The molecule has 2 N–H and O–H groups in total. The third-order valence-corrected chi connectivity index (χ3v) is 4.07. The molecule has 0 radical (unpaired) electrons. The molecule has 21 heavy (non-hydrogen) atoms. The molecule has 0 spiro atoms. The van der Waals surface area contributed by atoms with Crippen LogP contribution < -0.4 is 10.6 Å². The second kappa shape index (κ2) is 8.15. The van der Waals surface area contributed by atoms with Crippen LogP contribution >= 0.6 is 0 Å². The minimum Gasteiger partial charge on any atom is -0.383 e. The summed E-state index contributed by atoms with van der Waals surface area (Å²) in [6.45, 7) is 4.05. The Bertz CT molecular complexity index is 456. The third kappa shape index (κ3) is 5.14. The molecule has 1 saturated carbocycles. The maximum atomic E-state index is 11.5. The van der Waals surface area contributed by atoms with E-state index in [0.717, 1.165) is 6.54 Å². The molecule has 116 valence electrons. The van der Waals surface area contributed by atoms with Gasteiger partial charge in [-0.25, -0.2) is 0 Å². The summed E-state index contributed by atoms with van der Waals surface area (Å²) >= 11 is 0. The maximum Gasteiger partial charge on any atom is 0.221 e. The highest BCUT2D eigenvalue weighted by Crippen LogP contribution is 2.36. The minimum absolute atomic E-state index is 0.0918. The molecule has 1 aromatic carbocycles. The van der Waals surface area contributed by atoms with E-state index in [4.69, 9.17) is 4.74 Å². The van der Waals surface area contributed by atoms with Crippen LogP contribution in [0.4, 0.5) is 0 Å². The van der Waals surface area contributed by atoms with Crippen molar-refractivity contribution < 1.29 is 9.53 Å². The fourth-order valence-electron chi connectivity index (χ4n) is 2.75. The summed E-state index contributed by atoms with van der Waals surface area (Å²) in [6, 6.07) is 9.33. The van der Waals surface area contributed by atoms with Crippen LogP contribution in [-0.4, -0.2) is 38.8 Å². The van der Waals surface area contributed by atoms with E-state index in [1.54, 1.807) is 7.11 Å². The monoisotopic (exact) mass is 290 g/mol. The molecule has 0 bridgehead atoms. The zero-order valence-electron chi connectivity index (χ0n) is 13.0. The molecule has 0 saturated heterocycles. The minimum atomic E-state index is 0.0918. The number of methoxy groups -OCH3 is 1. The van der Waals surface area contributed by atoms with E-state index in [1.165, 1.54) is 24.0 Å². The predicted octanol–water partition coefficient (Wildman–Crippen LogP) is 1.98. The van der Waals surface area contributed by atoms with Crippen LogP contribution in [0.5, 0.6) is 0 Å². The number of hydrogen-bond acceptors (Lipinski definition) is 3. The zero-order chi connectivity index (χ0) is 15.1. The first kappa shape index (κ1) is 16.0. The van der Waals surface area contributed by atoms with E-state index in [1.807, 2.05) is 0 Å². The van der Waals surface area contributed by atoms with E-state index in [-0.39, 0.29) is 5.91 Å². The van der Waals surface area contributed by atoms with Crippen LogP contribution in [0.1, 0.15) is 36.3 Å². The van der Waals surface area contributed by atoms with Crippen LogP contribution in [0.2, 0.25) is 0 Å². The average Bonchev–Trinajstić information content (AvgIpc) is 2.41. The Kier molecular flexibility index (Phi) is 6.21. The van der Waals surface area contributed by atoms with Crippen molar-refractivity contribution in [2.45, 2.75) is 38.1 Å². The zero-order valence-corrected chi connectivity index (χ0v) is 13.0. The fraction of sp³-hybridized carbons (Fsp3) is 0.588. The van der Waals surface area contributed by atoms with Gasteiger partial charge in [-0.1, -0.05) is 29.8 Å². The second-order valence-electron chi connectivity index (χ2n) is 5.83. The molecule has 0 heterocycles. The Morgan fingerprint density at radius 1 is 1.33 bits per heavy atom. The number of aryl methyl sites for hydroxylation is 1. The quantitative estimate of drug-likeness (QED) is 0.720. The molecule has 1 aliphatic rings. The van der Waals surface area contributed by atoms with Crippen LogP contribution in [0.3, 0.4) is 0 Å². The van der Waals surface area contributed by atoms with E-state index >= 15 is 0 Å². The normalized spacial score (nSPS) is 20.9. The average molecular weight is 290 g/mol. The fourth-order valence-corrected chi connectivity index (χ4v) is 2.75. The highest BCUT2D eigenvalue weighted by Gasteiger charge is 2.29. The lowest BCUT2D eigenvalue weighted by atomic mass is 9.75. The third-order valence-electron chi connectivity index (χ3n) is 4.07. The molecular weight excluding hydrogens is 264 g/mol. The van der Waals surface area contributed by atoms with Crippen LogP contribution in [0, 0.1) is 6.92 Å². The van der Waals surface area contributed by atoms with Crippen LogP contribution in [0.25, 0.3) is 0 Å². The first-order chi connectivity index (χ1) is 10.2.